The molecular weight excluding hydrogens is 268 g/mol. The van der Waals surface area contributed by atoms with Crippen LogP contribution in [-0.4, -0.2) is 23.0 Å². The summed E-state index contributed by atoms with van der Waals surface area (Å²) in [5, 5.41) is 3.13. The number of nitrogens with zero attached hydrogens (tertiary/aromatic N) is 2. The van der Waals surface area contributed by atoms with Crippen molar-refractivity contribution in [3.63, 3.8) is 0 Å². The Kier molecular flexibility index (Phi) is 3.82. The molecule has 98 valence electrons. The van der Waals surface area contributed by atoms with Crippen LogP contribution in [0.25, 0.3) is 0 Å². The third kappa shape index (κ3) is 3.11. The van der Waals surface area contributed by atoms with Crippen LogP contribution in [0.5, 0.6) is 5.75 Å². The molecule has 0 aliphatic rings. The smallest absolute Gasteiger partial charge is 0.275 e. The maximum Gasteiger partial charge on any atom is 0.275 e. The zero-order valence-corrected chi connectivity index (χ0v) is 10.8. The number of anilines is 2. The van der Waals surface area contributed by atoms with Crippen LogP contribution < -0.4 is 15.8 Å². The molecule has 0 aliphatic carbocycles. The molecule has 1 aromatic heterocycles. The molecule has 1 heterocycles. The van der Waals surface area contributed by atoms with Gasteiger partial charge >= 0.3 is 0 Å². The molecule has 0 aliphatic heterocycles. The predicted molar refractivity (Wildman–Crippen MR) is 72.4 cm³/mol. The van der Waals surface area contributed by atoms with E-state index in [1.54, 1.807) is 18.2 Å². The normalized spacial score (nSPS) is 10.0. The fourth-order valence-electron chi connectivity index (χ4n) is 1.42. The number of aromatic nitrogens is 2. The Hall–Kier alpha value is -2.34. The van der Waals surface area contributed by atoms with Gasteiger partial charge in [0.15, 0.2) is 0 Å². The van der Waals surface area contributed by atoms with Gasteiger partial charge < -0.3 is 15.8 Å². The summed E-state index contributed by atoms with van der Waals surface area (Å²) < 4.78 is 5.13. The van der Waals surface area contributed by atoms with Crippen LogP contribution in [0, 0.1) is 0 Å². The summed E-state index contributed by atoms with van der Waals surface area (Å²) in [6, 6.07) is 4.91. The molecular formula is C12H11ClN4O2. The van der Waals surface area contributed by atoms with E-state index < -0.39 is 5.91 Å². The van der Waals surface area contributed by atoms with Crippen LogP contribution in [0.4, 0.5) is 11.5 Å². The van der Waals surface area contributed by atoms with Crippen LogP contribution >= 0.6 is 11.6 Å². The van der Waals surface area contributed by atoms with Gasteiger partial charge in [-0.25, -0.2) is 9.97 Å². The average Bonchev–Trinajstić information content (AvgIpc) is 2.39. The fourth-order valence-corrected chi connectivity index (χ4v) is 1.59. The molecule has 0 saturated carbocycles. The lowest BCUT2D eigenvalue weighted by molar-refractivity contribution is 0.102. The largest absolute Gasteiger partial charge is 0.495 e. The highest BCUT2D eigenvalue weighted by atomic mass is 35.5. The topological polar surface area (TPSA) is 90.1 Å². The fraction of sp³-hybridized carbons (Fsp3) is 0.0833. The Morgan fingerprint density at radius 1 is 1.37 bits per heavy atom. The van der Waals surface area contributed by atoms with Crippen molar-refractivity contribution in [2.24, 2.45) is 0 Å². The van der Waals surface area contributed by atoms with Gasteiger partial charge in [-0.15, -0.1) is 0 Å². The van der Waals surface area contributed by atoms with Crippen LogP contribution in [0.3, 0.4) is 0 Å². The van der Waals surface area contributed by atoms with E-state index in [0.29, 0.717) is 16.5 Å². The number of hydrogen-bond acceptors (Lipinski definition) is 5. The lowest BCUT2D eigenvalue weighted by atomic mass is 10.2. The number of benzene rings is 1. The molecule has 0 saturated heterocycles. The molecule has 0 fully saturated rings. The van der Waals surface area contributed by atoms with Crippen LogP contribution in [0.2, 0.25) is 5.02 Å². The van der Waals surface area contributed by atoms with Crippen molar-refractivity contribution in [2.75, 3.05) is 18.2 Å². The molecule has 1 aromatic carbocycles. The second kappa shape index (κ2) is 5.53. The predicted octanol–water partition coefficient (Wildman–Crippen LogP) is 1.97. The Balaban J connectivity index is 2.23. The van der Waals surface area contributed by atoms with E-state index in [1.165, 1.54) is 19.5 Å². The lowest BCUT2D eigenvalue weighted by Crippen LogP contribution is -2.15. The van der Waals surface area contributed by atoms with Crippen LogP contribution in [0.1, 0.15) is 10.5 Å². The standard InChI is InChI=1S/C12H11ClN4O2/c1-19-10-3-2-7(13)4-8(10)17-12(18)9-5-16-11(14)6-15-9/h2-6H,1H3,(H2,14,16)(H,17,18). The maximum atomic E-state index is 12.0. The Morgan fingerprint density at radius 2 is 2.16 bits per heavy atom. The number of amides is 1. The van der Waals surface area contributed by atoms with Crippen molar-refractivity contribution in [3.05, 3.63) is 41.3 Å². The molecule has 7 heteroatoms. The van der Waals surface area contributed by atoms with E-state index in [1.807, 2.05) is 0 Å². The highest BCUT2D eigenvalue weighted by Crippen LogP contribution is 2.27. The molecule has 2 rings (SSSR count). The third-order valence-electron chi connectivity index (χ3n) is 2.31. The van der Waals surface area contributed by atoms with E-state index >= 15 is 0 Å². The molecule has 0 atom stereocenters. The summed E-state index contributed by atoms with van der Waals surface area (Å²) in [6.07, 6.45) is 2.60. The SMILES string of the molecule is COc1ccc(Cl)cc1NC(=O)c1cnc(N)cn1. The molecule has 3 N–H and O–H groups in total. The number of methoxy groups -OCH3 is 1. The van der Waals surface area contributed by atoms with Crippen molar-refractivity contribution < 1.29 is 9.53 Å². The van der Waals surface area contributed by atoms with Gasteiger partial charge in [-0.05, 0) is 18.2 Å². The number of ether oxygens (including phenoxy) is 1. The highest BCUT2D eigenvalue weighted by molar-refractivity contribution is 6.31. The van der Waals surface area contributed by atoms with Crippen LogP contribution in [-0.2, 0) is 0 Å². The third-order valence-corrected chi connectivity index (χ3v) is 2.55. The number of nitrogens with one attached hydrogen (secondary N) is 1. The first-order valence-electron chi connectivity index (χ1n) is 5.32. The maximum absolute atomic E-state index is 12.0. The Labute approximate surface area is 114 Å². The number of nitrogens with two attached hydrogens (primary N) is 1. The number of nitrogen functional groups attached to an aromatic ring is 1. The Morgan fingerprint density at radius 3 is 2.79 bits per heavy atom. The molecule has 6 nitrogen and oxygen atoms in total. The zero-order valence-electron chi connectivity index (χ0n) is 10.1. The van der Waals surface area contributed by atoms with Gasteiger partial charge in [0.25, 0.3) is 5.91 Å². The number of rotatable bonds is 3. The molecule has 0 bridgehead atoms. The first kappa shape index (κ1) is 13.1. The zero-order chi connectivity index (χ0) is 13.8. The summed E-state index contributed by atoms with van der Waals surface area (Å²) in [6.45, 7) is 0. The van der Waals surface area contributed by atoms with Gasteiger partial charge in [0.05, 0.1) is 25.2 Å². The summed E-state index contributed by atoms with van der Waals surface area (Å²) in [5.41, 5.74) is 6.01. The average molecular weight is 279 g/mol. The molecule has 2 aromatic rings. The summed E-state index contributed by atoms with van der Waals surface area (Å²) >= 11 is 5.87. The summed E-state index contributed by atoms with van der Waals surface area (Å²) in [7, 11) is 1.50. The van der Waals surface area contributed by atoms with E-state index in [-0.39, 0.29) is 11.5 Å². The van der Waals surface area contributed by atoms with Gasteiger partial charge in [-0.1, -0.05) is 11.6 Å². The minimum atomic E-state index is -0.423. The quantitative estimate of drug-likeness (QED) is 0.896. The van der Waals surface area contributed by atoms with Gasteiger partial charge in [0.1, 0.15) is 17.3 Å². The van der Waals surface area contributed by atoms with E-state index in [2.05, 4.69) is 15.3 Å². The van der Waals surface area contributed by atoms with Crippen molar-refractivity contribution in [1.82, 2.24) is 9.97 Å². The second-order valence-electron chi connectivity index (χ2n) is 3.63. The Bertz CT molecular complexity index is 601. The van der Waals surface area contributed by atoms with Gasteiger partial charge in [0.2, 0.25) is 0 Å². The number of halogens is 1. The molecule has 19 heavy (non-hydrogen) atoms. The summed E-state index contributed by atoms with van der Waals surface area (Å²) in [5.74, 6) is 0.325. The van der Waals surface area contributed by atoms with E-state index in [4.69, 9.17) is 22.1 Å². The lowest BCUT2D eigenvalue weighted by Gasteiger charge is -2.10. The number of carbonyl (C=O) groups is 1. The minimum Gasteiger partial charge on any atom is -0.495 e. The first-order valence-corrected chi connectivity index (χ1v) is 5.70. The molecule has 1 amide bonds. The number of carbonyl (C=O) groups excluding carboxylic acids is 1. The molecule has 0 radical (unpaired) electrons. The van der Waals surface area contributed by atoms with Crippen molar-refractivity contribution in [1.29, 1.82) is 0 Å². The second-order valence-corrected chi connectivity index (χ2v) is 4.06. The first-order chi connectivity index (χ1) is 9.10. The van der Waals surface area contributed by atoms with Gasteiger partial charge in [-0.3, -0.25) is 4.79 Å². The minimum absolute atomic E-state index is 0.149. The van der Waals surface area contributed by atoms with Gasteiger partial charge in [0, 0.05) is 5.02 Å². The molecule has 0 spiro atoms. The van der Waals surface area contributed by atoms with Crippen molar-refractivity contribution in [3.8, 4) is 5.75 Å². The van der Waals surface area contributed by atoms with E-state index in [9.17, 15) is 4.79 Å². The van der Waals surface area contributed by atoms with Crippen molar-refractivity contribution >= 4 is 29.0 Å². The highest BCUT2D eigenvalue weighted by Gasteiger charge is 2.11. The number of hydrogen-bond donors (Lipinski definition) is 2. The van der Waals surface area contributed by atoms with Gasteiger partial charge in [-0.2, -0.15) is 0 Å². The van der Waals surface area contributed by atoms with E-state index in [0.717, 1.165) is 0 Å². The van der Waals surface area contributed by atoms with Crippen LogP contribution in [0.15, 0.2) is 30.6 Å². The van der Waals surface area contributed by atoms with Crippen molar-refractivity contribution in [2.45, 2.75) is 0 Å². The molecule has 0 unspecified atom stereocenters. The summed E-state index contributed by atoms with van der Waals surface area (Å²) in [4.78, 5) is 19.6. The monoisotopic (exact) mass is 278 g/mol.